The van der Waals surface area contributed by atoms with Gasteiger partial charge in [-0.3, -0.25) is 0 Å². The molecule has 2 rings (SSSR count). The second-order valence-corrected chi connectivity index (χ2v) is 5.43. The lowest BCUT2D eigenvalue weighted by Crippen LogP contribution is -2.12. The molecule has 4 heteroatoms. The first kappa shape index (κ1) is 12.9. The van der Waals surface area contributed by atoms with Crippen molar-refractivity contribution >= 4 is 22.8 Å². The summed E-state index contributed by atoms with van der Waals surface area (Å²) in [5, 5.41) is 5.55. The number of nitrogens with one attached hydrogen (secondary N) is 1. The smallest absolute Gasteiger partial charge is 0.149 e. The average molecular weight is 261 g/mol. The number of hydrogen-bond donors (Lipinski definition) is 2. The van der Waals surface area contributed by atoms with Gasteiger partial charge in [-0.25, -0.2) is 4.98 Å². The monoisotopic (exact) mass is 261 g/mol. The molecule has 18 heavy (non-hydrogen) atoms. The Hall–Kier alpha value is -1.55. The van der Waals surface area contributed by atoms with Gasteiger partial charge in [0.25, 0.3) is 0 Å². The summed E-state index contributed by atoms with van der Waals surface area (Å²) in [6, 6.07) is 6.48. The van der Waals surface area contributed by atoms with E-state index < -0.39 is 0 Å². The highest BCUT2D eigenvalue weighted by Gasteiger charge is 2.13. The number of thiophene rings is 1. The van der Waals surface area contributed by atoms with Gasteiger partial charge in [-0.1, -0.05) is 19.4 Å². The van der Waals surface area contributed by atoms with E-state index in [2.05, 4.69) is 34.7 Å². The second kappa shape index (κ2) is 5.87. The first-order chi connectivity index (χ1) is 8.70. The van der Waals surface area contributed by atoms with Crippen LogP contribution >= 0.6 is 11.3 Å². The molecule has 0 spiro atoms. The molecule has 2 aromatic heterocycles. The van der Waals surface area contributed by atoms with E-state index in [1.807, 2.05) is 19.2 Å². The van der Waals surface area contributed by atoms with Crippen molar-refractivity contribution in [2.75, 3.05) is 11.1 Å². The van der Waals surface area contributed by atoms with Crippen LogP contribution in [0.25, 0.3) is 0 Å². The summed E-state index contributed by atoms with van der Waals surface area (Å²) in [4.78, 5) is 5.71. The standard InChI is InChI=1S/C14H19N3S/c1-3-5-12(13-6-4-7-18-13)17-14-11(15)8-10(2)9-16-14/h4,6-9,12H,3,5,15H2,1-2H3,(H,16,17). The molecule has 2 heterocycles. The van der Waals surface area contributed by atoms with E-state index in [1.165, 1.54) is 4.88 Å². The number of anilines is 2. The van der Waals surface area contributed by atoms with E-state index in [0.717, 1.165) is 24.2 Å². The molecule has 1 atom stereocenters. The Morgan fingerprint density at radius 2 is 2.33 bits per heavy atom. The topological polar surface area (TPSA) is 50.9 Å². The summed E-state index contributed by atoms with van der Waals surface area (Å²) in [5.74, 6) is 0.785. The maximum absolute atomic E-state index is 6.00. The van der Waals surface area contributed by atoms with Crippen LogP contribution in [0.15, 0.2) is 29.8 Å². The highest BCUT2D eigenvalue weighted by Crippen LogP contribution is 2.28. The number of rotatable bonds is 5. The highest BCUT2D eigenvalue weighted by atomic mass is 32.1. The second-order valence-electron chi connectivity index (χ2n) is 4.45. The molecule has 0 aliphatic heterocycles. The predicted molar refractivity (Wildman–Crippen MR) is 79.0 cm³/mol. The zero-order valence-electron chi connectivity index (χ0n) is 10.8. The van der Waals surface area contributed by atoms with Crippen molar-refractivity contribution in [1.82, 2.24) is 4.98 Å². The quantitative estimate of drug-likeness (QED) is 0.855. The van der Waals surface area contributed by atoms with E-state index in [4.69, 9.17) is 5.73 Å². The van der Waals surface area contributed by atoms with Crippen molar-refractivity contribution in [1.29, 1.82) is 0 Å². The molecule has 0 radical (unpaired) electrons. The highest BCUT2D eigenvalue weighted by molar-refractivity contribution is 7.10. The number of aryl methyl sites for hydroxylation is 1. The third kappa shape index (κ3) is 3.01. The van der Waals surface area contributed by atoms with Gasteiger partial charge >= 0.3 is 0 Å². The van der Waals surface area contributed by atoms with Crippen molar-refractivity contribution < 1.29 is 0 Å². The van der Waals surface area contributed by atoms with Gasteiger partial charge in [-0.15, -0.1) is 11.3 Å². The molecule has 0 aliphatic rings. The van der Waals surface area contributed by atoms with Crippen LogP contribution in [-0.4, -0.2) is 4.98 Å². The maximum atomic E-state index is 6.00. The van der Waals surface area contributed by atoms with Crippen LogP contribution in [-0.2, 0) is 0 Å². The first-order valence-corrected chi connectivity index (χ1v) is 7.10. The van der Waals surface area contributed by atoms with Crippen molar-refractivity contribution in [3.05, 3.63) is 40.2 Å². The Balaban J connectivity index is 2.18. The summed E-state index contributed by atoms with van der Waals surface area (Å²) >= 11 is 1.77. The molecule has 0 bridgehead atoms. The molecule has 0 aliphatic carbocycles. The number of aromatic nitrogens is 1. The fraction of sp³-hybridized carbons (Fsp3) is 0.357. The first-order valence-electron chi connectivity index (χ1n) is 6.22. The van der Waals surface area contributed by atoms with Crippen LogP contribution in [0.5, 0.6) is 0 Å². The minimum Gasteiger partial charge on any atom is -0.396 e. The number of nitrogen functional groups attached to an aromatic ring is 1. The molecule has 1 unspecified atom stereocenters. The molecular weight excluding hydrogens is 242 g/mol. The fourth-order valence-electron chi connectivity index (χ4n) is 1.94. The fourth-order valence-corrected chi connectivity index (χ4v) is 2.75. The van der Waals surface area contributed by atoms with Gasteiger partial charge in [0.15, 0.2) is 0 Å². The van der Waals surface area contributed by atoms with Gasteiger partial charge in [-0.2, -0.15) is 0 Å². The van der Waals surface area contributed by atoms with E-state index in [0.29, 0.717) is 11.7 Å². The summed E-state index contributed by atoms with van der Waals surface area (Å²) < 4.78 is 0. The Labute approximate surface area is 112 Å². The number of pyridine rings is 1. The van der Waals surface area contributed by atoms with Crippen molar-refractivity contribution in [3.63, 3.8) is 0 Å². The third-order valence-electron chi connectivity index (χ3n) is 2.83. The average Bonchev–Trinajstić information content (AvgIpc) is 2.85. The number of nitrogens with zero attached hydrogens (tertiary/aromatic N) is 1. The van der Waals surface area contributed by atoms with Crippen LogP contribution in [0.4, 0.5) is 11.5 Å². The van der Waals surface area contributed by atoms with Crippen molar-refractivity contribution in [2.24, 2.45) is 0 Å². The molecule has 0 aromatic carbocycles. The van der Waals surface area contributed by atoms with E-state index in [1.54, 1.807) is 11.3 Å². The van der Waals surface area contributed by atoms with Gasteiger partial charge in [0, 0.05) is 11.1 Å². The maximum Gasteiger partial charge on any atom is 0.149 e. The Morgan fingerprint density at radius 3 is 2.94 bits per heavy atom. The molecule has 3 N–H and O–H groups in total. The Kier molecular flexibility index (Phi) is 4.20. The minimum atomic E-state index is 0.299. The largest absolute Gasteiger partial charge is 0.396 e. The summed E-state index contributed by atoms with van der Waals surface area (Å²) in [6.45, 7) is 4.18. The lowest BCUT2D eigenvalue weighted by Gasteiger charge is -2.18. The van der Waals surface area contributed by atoms with E-state index in [-0.39, 0.29) is 0 Å². The molecule has 0 saturated heterocycles. The third-order valence-corrected chi connectivity index (χ3v) is 3.81. The van der Waals surface area contributed by atoms with E-state index >= 15 is 0 Å². The SMILES string of the molecule is CCCC(Nc1ncc(C)cc1N)c1cccs1. The number of hydrogen-bond acceptors (Lipinski definition) is 4. The molecule has 3 nitrogen and oxygen atoms in total. The Bertz CT molecular complexity index is 494. The zero-order chi connectivity index (χ0) is 13.0. The lowest BCUT2D eigenvalue weighted by molar-refractivity contribution is 0.685. The minimum absolute atomic E-state index is 0.299. The van der Waals surface area contributed by atoms with Crippen LogP contribution in [0.1, 0.15) is 36.2 Å². The van der Waals surface area contributed by atoms with Gasteiger partial charge in [-0.05, 0) is 36.4 Å². The summed E-state index contributed by atoms with van der Waals surface area (Å²) in [5.41, 5.74) is 7.80. The number of nitrogens with two attached hydrogens (primary N) is 1. The van der Waals surface area contributed by atoms with Crippen molar-refractivity contribution in [2.45, 2.75) is 32.7 Å². The summed E-state index contributed by atoms with van der Waals surface area (Å²) in [7, 11) is 0. The zero-order valence-corrected chi connectivity index (χ0v) is 11.6. The summed E-state index contributed by atoms with van der Waals surface area (Å²) in [6.07, 6.45) is 4.05. The molecule has 0 fully saturated rings. The van der Waals surface area contributed by atoms with E-state index in [9.17, 15) is 0 Å². The van der Waals surface area contributed by atoms with Gasteiger partial charge < -0.3 is 11.1 Å². The van der Waals surface area contributed by atoms with Crippen LogP contribution < -0.4 is 11.1 Å². The molecule has 2 aromatic rings. The van der Waals surface area contributed by atoms with Crippen LogP contribution in [0.2, 0.25) is 0 Å². The molecule has 0 saturated carbocycles. The predicted octanol–water partition coefficient (Wildman–Crippen LogP) is 3.99. The van der Waals surface area contributed by atoms with Gasteiger partial charge in [0.1, 0.15) is 5.82 Å². The van der Waals surface area contributed by atoms with Gasteiger partial charge in [0.2, 0.25) is 0 Å². The Morgan fingerprint density at radius 1 is 1.50 bits per heavy atom. The molecular formula is C14H19N3S. The normalized spacial score (nSPS) is 12.3. The van der Waals surface area contributed by atoms with Crippen molar-refractivity contribution in [3.8, 4) is 0 Å². The molecule has 96 valence electrons. The molecule has 0 amide bonds. The van der Waals surface area contributed by atoms with Crippen LogP contribution in [0, 0.1) is 6.92 Å². The lowest BCUT2D eigenvalue weighted by atomic mass is 10.1. The van der Waals surface area contributed by atoms with Crippen LogP contribution in [0.3, 0.4) is 0 Å². The van der Waals surface area contributed by atoms with Gasteiger partial charge in [0.05, 0.1) is 11.7 Å².